The monoisotopic (exact) mass is 281 g/mol. The Hall–Kier alpha value is -1.39. The predicted octanol–water partition coefficient (Wildman–Crippen LogP) is 3.87. The van der Waals surface area contributed by atoms with Crippen molar-refractivity contribution in [1.82, 2.24) is 4.98 Å². The molecule has 0 radical (unpaired) electrons. The number of thiazole rings is 1. The Bertz CT molecular complexity index is 587. The third-order valence-corrected chi connectivity index (χ3v) is 3.90. The van der Waals surface area contributed by atoms with Crippen molar-refractivity contribution >= 4 is 28.9 Å². The van der Waals surface area contributed by atoms with Crippen LogP contribution in [0.3, 0.4) is 0 Å². The highest BCUT2D eigenvalue weighted by atomic mass is 35.5. The zero-order chi connectivity index (χ0) is 13.3. The van der Waals surface area contributed by atoms with Crippen LogP contribution in [-0.2, 0) is 4.74 Å². The third kappa shape index (κ3) is 2.54. The molecule has 18 heavy (non-hydrogen) atoms. The SMILES string of the molecule is COC(=O)c1sc(-c2cc(C)cc(C)c2)nc1Cl. The first kappa shape index (κ1) is 13.1. The van der Waals surface area contributed by atoms with Crippen LogP contribution >= 0.6 is 22.9 Å². The number of nitrogens with zero attached hydrogens (tertiary/aromatic N) is 1. The van der Waals surface area contributed by atoms with Gasteiger partial charge in [-0.2, -0.15) is 0 Å². The van der Waals surface area contributed by atoms with Gasteiger partial charge >= 0.3 is 5.97 Å². The van der Waals surface area contributed by atoms with Crippen LogP contribution < -0.4 is 0 Å². The van der Waals surface area contributed by atoms with Crippen molar-refractivity contribution in [2.24, 2.45) is 0 Å². The minimum Gasteiger partial charge on any atom is -0.465 e. The number of halogens is 1. The van der Waals surface area contributed by atoms with Gasteiger partial charge in [-0.25, -0.2) is 9.78 Å². The van der Waals surface area contributed by atoms with Crippen molar-refractivity contribution in [3.05, 3.63) is 39.4 Å². The van der Waals surface area contributed by atoms with Crippen molar-refractivity contribution in [3.63, 3.8) is 0 Å². The van der Waals surface area contributed by atoms with Gasteiger partial charge in [0.05, 0.1) is 7.11 Å². The van der Waals surface area contributed by atoms with E-state index in [0.717, 1.165) is 21.7 Å². The van der Waals surface area contributed by atoms with E-state index in [1.807, 2.05) is 26.0 Å². The molecule has 5 heteroatoms. The van der Waals surface area contributed by atoms with Crippen molar-refractivity contribution in [2.75, 3.05) is 7.11 Å². The van der Waals surface area contributed by atoms with Gasteiger partial charge in [0.15, 0.2) is 10.0 Å². The molecular formula is C13H12ClNO2S. The van der Waals surface area contributed by atoms with E-state index in [1.54, 1.807) is 0 Å². The van der Waals surface area contributed by atoms with E-state index in [9.17, 15) is 4.79 Å². The van der Waals surface area contributed by atoms with E-state index in [2.05, 4.69) is 15.8 Å². The quantitative estimate of drug-likeness (QED) is 0.785. The van der Waals surface area contributed by atoms with Gasteiger partial charge in [0, 0.05) is 5.56 Å². The Morgan fingerprint density at radius 1 is 1.28 bits per heavy atom. The molecule has 1 heterocycles. The minimum absolute atomic E-state index is 0.195. The topological polar surface area (TPSA) is 39.2 Å². The Morgan fingerprint density at radius 3 is 2.44 bits per heavy atom. The fourth-order valence-electron chi connectivity index (χ4n) is 1.74. The lowest BCUT2D eigenvalue weighted by molar-refractivity contribution is 0.0606. The fourth-order valence-corrected chi connectivity index (χ4v) is 2.93. The molecule has 0 unspecified atom stereocenters. The smallest absolute Gasteiger partial charge is 0.351 e. The average molecular weight is 282 g/mol. The fraction of sp³-hybridized carbons (Fsp3) is 0.231. The van der Waals surface area contributed by atoms with Crippen LogP contribution in [0.15, 0.2) is 18.2 Å². The molecule has 0 aliphatic rings. The molecule has 1 aromatic carbocycles. The molecule has 0 atom stereocenters. The van der Waals surface area contributed by atoms with Gasteiger partial charge < -0.3 is 4.74 Å². The van der Waals surface area contributed by atoms with Crippen LogP contribution in [0.2, 0.25) is 5.15 Å². The molecule has 0 amide bonds. The summed E-state index contributed by atoms with van der Waals surface area (Å²) in [6, 6.07) is 6.12. The molecule has 0 N–H and O–H groups in total. The molecule has 2 rings (SSSR count). The molecule has 3 nitrogen and oxygen atoms in total. The molecule has 0 aliphatic heterocycles. The average Bonchev–Trinajstić information content (AvgIpc) is 2.69. The highest BCUT2D eigenvalue weighted by Crippen LogP contribution is 2.32. The van der Waals surface area contributed by atoms with Crippen LogP contribution in [0.1, 0.15) is 20.8 Å². The lowest BCUT2D eigenvalue weighted by Gasteiger charge is -2.01. The summed E-state index contributed by atoms with van der Waals surface area (Å²) in [6.45, 7) is 4.04. The summed E-state index contributed by atoms with van der Waals surface area (Å²) in [7, 11) is 1.33. The Morgan fingerprint density at radius 2 is 1.89 bits per heavy atom. The maximum atomic E-state index is 11.5. The summed E-state index contributed by atoms with van der Waals surface area (Å²) in [4.78, 5) is 16.0. The summed E-state index contributed by atoms with van der Waals surface area (Å²) < 4.78 is 4.66. The van der Waals surface area contributed by atoms with Gasteiger partial charge in [-0.15, -0.1) is 11.3 Å². The number of aryl methyl sites for hydroxylation is 2. The molecule has 0 spiro atoms. The number of carbonyl (C=O) groups excluding carboxylic acids is 1. The maximum absolute atomic E-state index is 11.5. The van der Waals surface area contributed by atoms with E-state index < -0.39 is 5.97 Å². The van der Waals surface area contributed by atoms with Gasteiger partial charge in [-0.05, 0) is 26.0 Å². The number of ether oxygens (including phenoxy) is 1. The second-order valence-corrected chi connectivity index (χ2v) is 5.36. The van der Waals surface area contributed by atoms with Crippen molar-refractivity contribution < 1.29 is 9.53 Å². The second kappa shape index (κ2) is 5.08. The van der Waals surface area contributed by atoms with E-state index in [4.69, 9.17) is 11.6 Å². The summed E-state index contributed by atoms with van der Waals surface area (Å²) in [5.74, 6) is -0.451. The van der Waals surface area contributed by atoms with Crippen molar-refractivity contribution in [3.8, 4) is 10.6 Å². The molecular weight excluding hydrogens is 270 g/mol. The number of aromatic nitrogens is 1. The zero-order valence-electron chi connectivity index (χ0n) is 10.3. The molecule has 1 aromatic heterocycles. The standard InChI is InChI=1S/C13H12ClNO2S/c1-7-4-8(2)6-9(5-7)12-15-11(14)10(18-12)13(16)17-3/h4-6H,1-3H3. The lowest BCUT2D eigenvalue weighted by Crippen LogP contribution is -1.98. The van der Waals surface area contributed by atoms with E-state index >= 15 is 0 Å². The normalized spacial score (nSPS) is 10.4. The molecule has 0 fully saturated rings. The van der Waals surface area contributed by atoms with Gasteiger partial charge in [0.25, 0.3) is 0 Å². The zero-order valence-corrected chi connectivity index (χ0v) is 11.9. The largest absolute Gasteiger partial charge is 0.465 e. The van der Waals surface area contributed by atoms with Crippen molar-refractivity contribution in [1.29, 1.82) is 0 Å². The number of rotatable bonds is 2. The highest BCUT2D eigenvalue weighted by Gasteiger charge is 2.18. The molecule has 94 valence electrons. The summed E-state index contributed by atoms with van der Waals surface area (Å²) in [5, 5.41) is 0.924. The lowest BCUT2D eigenvalue weighted by atomic mass is 10.1. The molecule has 2 aromatic rings. The Kier molecular flexibility index (Phi) is 3.68. The van der Waals surface area contributed by atoms with Gasteiger partial charge in [0.1, 0.15) is 5.01 Å². The number of esters is 1. The van der Waals surface area contributed by atoms with Crippen molar-refractivity contribution in [2.45, 2.75) is 13.8 Å². The van der Waals surface area contributed by atoms with E-state index in [1.165, 1.54) is 18.4 Å². The number of benzene rings is 1. The predicted molar refractivity (Wildman–Crippen MR) is 73.4 cm³/mol. The minimum atomic E-state index is -0.451. The van der Waals surface area contributed by atoms with Crippen LogP contribution in [0.4, 0.5) is 0 Å². The number of methoxy groups -OCH3 is 1. The summed E-state index contributed by atoms with van der Waals surface area (Å²) in [5.41, 5.74) is 3.27. The first-order valence-corrected chi connectivity index (χ1v) is 6.54. The van der Waals surface area contributed by atoms with Gasteiger partial charge in [-0.3, -0.25) is 0 Å². The highest BCUT2D eigenvalue weighted by molar-refractivity contribution is 7.17. The molecule has 0 saturated heterocycles. The maximum Gasteiger partial charge on any atom is 0.351 e. The number of hydrogen-bond donors (Lipinski definition) is 0. The summed E-state index contributed by atoms with van der Waals surface area (Å²) >= 11 is 7.19. The first-order valence-electron chi connectivity index (χ1n) is 5.34. The third-order valence-electron chi connectivity index (χ3n) is 2.43. The number of carbonyl (C=O) groups is 1. The molecule has 0 aliphatic carbocycles. The Labute approximate surface area is 114 Å². The van der Waals surface area contributed by atoms with Crippen LogP contribution in [0.5, 0.6) is 0 Å². The summed E-state index contributed by atoms with van der Waals surface area (Å²) in [6.07, 6.45) is 0. The molecule has 0 bridgehead atoms. The van der Waals surface area contributed by atoms with Crippen LogP contribution in [0, 0.1) is 13.8 Å². The number of hydrogen-bond acceptors (Lipinski definition) is 4. The van der Waals surface area contributed by atoms with Crippen LogP contribution in [0.25, 0.3) is 10.6 Å². The van der Waals surface area contributed by atoms with E-state index in [-0.39, 0.29) is 5.15 Å². The Balaban J connectivity index is 2.48. The molecule has 0 saturated carbocycles. The van der Waals surface area contributed by atoms with Gasteiger partial charge in [0.2, 0.25) is 0 Å². The van der Waals surface area contributed by atoms with E-state index in [0.29, 0.717) is 4.88 Å². The second-order valence-electron chi connectivity index (χ2n) is 4.01. The van der Waals surface area contributed by atoms with Gasteiger partial charge in [-0.1, -0.05) is 28.8 Å². The first-order chi connectivity index (χ1) is 8.51. The van der Waals surface area contributed by atoms with Crippen LogP contribution in [-0.4, -0.2) is 18.1 Å².